The van der Waals surface area contributed by atoms with Crippen molar-refractivity contribution < 1.29 is 18.3 Å². The maximum absolute atomic E-state index is 13.9. The Morgan fingerprint density at radius 1 is 1.25 bits per heavy atom. The van der Waals surface area contributed by atoms with Crippen LogP contribution in [0.5, 0.6) is 5.75 Å². The number of hydrogen-bond acceptors (Lipinski definition) is 7. The summed E-state index contributed by atoms with van der Waals surface area (Å²) in [5.74, 6) is 6.31. The number of benzene rings is 1. The Morgan fingerprint density at radius 3 is 2.81 bits per heavy atom. The van der Waals surface area contributed by atoms with Crippen molar-refractivity contribution in [1.29, 1.82) is 0 Å². The Hall–Kier alpha value is -3.45. The van der Waals surface area contributed by atoms with Gasteiger partial charge in [0, 0.05) is 31.3 Å². The first-order valence-electron chi connectivity index (χ1n) is 10.2. The lowest BCUT2D eigenvalue weighted by atomic mass is 10.2. The highest BCUT2D eigenvalue weighted by Crippen LogP contribution is 2.23. The number of anilines is 3. The Bertz CT molecular complexity index is 946. The summed E-state index contributed by atoms with van der Waals surface area (Å²) in [6.45, 7) is 0.750. The number of aromatic nitrogens is 2. The molecule has 0 radical (unpaired) electrons. The number of nitrogens with zero attached hydrogens (tertiary/aromatic N) is 2. The zero-order valence-corrected chi connectivity index (χ0v) is 18.2. The van der Waals surface area contributed by atoms with Crippen LogP contribution in [-0.2, 0) is 4.79 Å². The third-order valence-electron chi connectivity index (χ3n) is 4.16. The van der Waals surface area contributed by atoms with Gasteiger partial charge in [-0.25, -0.2) is 9.37 Å². The molecule has 0 fully saturated rings. The Kier molecular flexibility index (Phi) is 10.7. The molecule has 1 aromatic heterocycles. The lowest BCUT2D eigenvalue weighted by molar-refractivity contribution is -0.120. The van der Waals surface area contributed by atoms with Gasteiger partial charge >= 0.3 is 0 Å². The number of hydrogen-bond donors (Lipinski definition) is 4. The molecule has 0 aliphatic carbocycles. The molecule has 172 valence electrons. The summed E-state index contributed by atoms with van der Waals surface area (Å²) in [5, 5.41) is 11.6. The molecule has 8 nitrogen and oxygen atoms in total. The van der Waals surface area contributed by atoms with Gasteiger partial charge in [-0.05, 0) is 32.0 Å². The van der Waals surface area contributed by atoms with E-state index in [-0.39, 0.29) is 24.1 Å². The number of alkyl halides is 1. The molecular formula is C22H28F2N6O2. The molecular weight excluding hydrogens is 418 g/mol. The van der Waals surface area contributed by atoms with Gasteiger partial charge in [0.15, 0.2) is 11.6 Å². The smallest absolute Gasteiger partial charge is 0.233 e. The van der Waals surface area contributed by atoms with Crippen LogP contribution in [0, 0.1) is 17.7 Å². The van der Waals surface area contributed by atoms with Crippen molar-refractivity contribution in [3.8, 4) is 17.6 Å². The molecule has 0 aliphatic rings. The molecule has 1 heterocycles. The van der Waals surface area contributed by atoms with Gasteiger partial charge in [0.25, 0.3) is 0 Å². The first-order chi connectivity index (χ1) is 15.6. The highest BCUT2D eigenvalue weighted by molar-refractivity contribution is 5.77. The maximum atomic E-state index is 13.9. The van der Waals surface area contributed by atoms with Crippen LogP contribution in [0.4, 0.5) is 26.2 Å². The standard InChI is InChI=1S/C22H28F2N6O2/c1-25-15-20(31)26-11-5-3-4-7-16-14-28-22(30-21(16)27-12-6-10-23)29-17-8-9-19(32-2)18(24)13-17/h8-9,13-14,25H,3,5-6,10-12,15H2,1-2H3,(H,26,31)(H2,27,28,29,30). The Balaban J connectivity index is 2.04. The largest absolute Gasteiger partial charge is 0.494 e. The number of methoxy groups -OCH3 is 1. The number of unbranched alkanes of at least 4 members (excludes halogenated alkanes) is 1. The fraction of sp³-hybridized carbons (Fsp3) is 0.409. The third-order valence-corrected chi connectivity index (χ3v) is 4.16. The van der Waals surface area contributed by atoms with Crippen molar-refractivity contribution in [1.82, 2.24) is 20.6 Å². The van der Waals surface area contributed by atoms with Gasteiger partial charge in [-0.15, -0.1) is 0 Å². The fourth-order valence-corrected chi connectivity index (χ4v) is 2.60. The second kappa shape index (κ2) is 13.8. The predicted molar refractivity (Wildman–Crippen MR) is 120 cm³/mol. The molecule has 0 spiro atoms. The third kappa shape index (κ3) is 8.35. The Labute approximate surface area is 186 Å². The molecule has 2 rings (SSSR count). The molecule has 4 N–H and O–H groups in total. The van der Waals surface area contributed by atoms with E-state index in [0.29, 0.717) is 49.4 Å². The van der Waals surface area contributed by atoms with Crippen LogP contribution < -0.4 is 26.0 Å². The van der Waals surface area contributed by atoms with Crippen LogP contribution in [0.3, 0.4) is 0 Å². The van der Waals surface area contributed by atoms with Crippen LogP contribution in [-0.4, -0.2) is 56.3 Å². The fourth-order valence-electron chi connectivity index (χ4n) is 2.60. The molecule has 10 heteroatoms. The number of ether oxygens (including phenoxy) is 1. The van der Waals surface area contributed by atoms with Crippen molar-refractivity contribution in [2.75, 3.05) is 51.1 Å². The molecule has 1 amide bonds. The zero-order chi connectivity index (χ0) is 23.2. The first kappa shape index (κ1) is 24.8. The van der Waals surface area contributed by atoms with E-state index in [1.165, 1.54) is 19.2 Å². The minimum absolute atomic E-state index is 0.0620. The average molecular weight is 447 g/mol. The summed E-state index contributed by atoms with van der Waals surface area (Å²) in [7, 11) is 3.10. The quantitative estimate of drug-likeness (QED) is 0.294. The van der Waals surface area contributed by atoms with Crippen molar-refractivity contribution in [3.05, 3.63) is 35.8 Å². The van der Waals surface area contributed by atoms with Gasteiger partial charge in [-0.1, -0.05) is 11.8 Å². The minimum atomic E-state index is -0.511. The van der Waals surface area contributed by atoms with Gasteiger partial charge in [-0.2, -0.15) is 4.98 Å². The summed E-state index contributed by atoms with van der Waals surface area (Å²) in [4.78, 5) is 20.0. The highest BCUT2D eigenvalue weighted by Gasteiger charge is 2.08. The number of nitrogens with one attached hydrogen (secondary N) is 4. The van der Waals surface area contributed by atoms with Gasteiger partial charge < -0.3 is 26.0 Å². The monoisotopic (exact) mass is 446 g/mol. The topological polar surface area (TPSA) is 100 Å². The van der Waals surface area contributed by atoms with E-state index in [9.17, 15) is 13.6 Å². The number of rotatable bonds is 12. The zero-order valence-electron chi connectivity index (χ0n) is 18.2. The van der Waals surface area contributed by atoms with E-state index in [0.717, 1.165) is 0 Å². The molecule has 1 aromatic carbocycles. The lowest BCUT2D eigenvalue weighted by Crippen LogP contribution is -2.32. The van der Waals surface area contributed by atoms with Crippen molar-refractivity contribution in [2.24, 2.45) is 0 Å². The van der Waals surface area contributed by atoms with E-state index in [4.69, 9.17) is 4.74 Å². The number of amides is 1. The van der Waals surface area contributed by atoms with Crippen molar-refractivity contribution in [2.45, 2.75) is 19.3 Å². The molecule has 0 saturated carbocycles. The Morgan fingerprint density at radius 2 is 2.09 bits per heavy atom. The molecule has 0 saturated heterocycles. The summed E-state index contributed by atoms with van der Waals surface area (Å²) in [6.07, 6.45) is 3.16. The second-order valence-electron chi connectivity index (χ2n) is 6.69. The number of carbonyl (C=O) groups excluding carboxylic acids is 1. The van der Waals surface area contributed by atoms with Crippen LogP contribution in [0.2, 0.25) is 0 Å². The summed E-state index contributed by atoms with van der Waals surface area (Å²) < 4.78 is 31.3. The molecule has 2 aromatic rings. The van der Waals surface area contributed by atoms with E-state index in [1.54, 1.807) is 19.3 Å². The van der Waals surface area contributed by atoms with E-state index >= 15 is 0 Å². The normalized spacial score (nSPS) is 10.1. The molecule has 32 heavy (non-hydrogen) atoms. The lowest BCUT2D eigenvalue weighted by Gasteiger charge is -2.11. The van der Waals surface area contributed by atoms with Crippen LogP contribution in [0.1, 0.15) is 24.8 Å². The second-order valence-corrected chi connectivity index (χ2v) is 6.69. The maximum Gasteiger partial charge on any atom is 0.233 e. The molecule has 0 unspecified atom stereocenters. The van der Waals surface area contributed by atoms with E-state index < -0.39 is 12.5 Å². The van der Waals surface area contributed by atoms with Crippen LogP contribution in [0.15, 0.2) is 24.4 Å². The molecule has 0 atom stereocenters. The van der Waals surface area contributed by atoms with Crippen LogP contribution in [0.25, 0.3) is 0 Å². The molecule has 0 aliphatic heterocycles. The first-order valence-corrected chi connectivity index (χ1v) is 10.2. The minimum Gasteiger partial charge on any atom is -0.494 e. The SMILES string of the molecule is CNCC(=O)NCCCC#Cc1cnc(Nc2ccc(OC)c(F)c2)nc1NCCCF. The predicted octanol–water partition coefficient (Wildman–Crippen LogP) is 2.61. The van der Waals surface area contributed by atoms with Gasteiger partial charge in [-0.3, -0.25) is 9.18 Å². The van der Waals surface area contributed by atoms with E-state index in [2.05, 4.69) is 43.1 Å². The highest BCUT2D eigenvalue weighted by atomic mass is 19.1. The van der Waals surface area contributed by atoms with Crippen LogP contribution >= 0.6 is 0 Å². The van der Waals surface area contributed by atoms with Gasteiger partial charge in [0.05, 0.1) is 32.1 Å². The summed E-state index contributed by atoms with van der Waals surface area (Å²) in [5.41, 5.74) is 1.02. The average Bonchev–Trinajstić information content (AvgIpc) is 2.78. The van der Waals surface area contributed by atoms with Crippen molar-refractivity contribution >= 4 is 23.4 Å². The summed E-state index contributed by atoms with van der Waals surface area (Å²) in [6, 6.07) is 4.42. The summed E-state index contributed by atoms with van der Waals surface area (Å²) >= 11 is 0. The number of carbonyl (C=O) groups is 1. The number of halogens is 2. The van der Waals surface area contributed by atoms with Crippen molar-refractivity contribution in [3.63, 3.8) is 0 Å². The molecule has 0 bridgehead atoms. The van der Waals surface area contributed by atoms with E-state index in [1.807, 2.05) is 0 Å². The van der Waals surface area contributed by atoms with Gasteiger partial charge in [0.2, 0.25) is 11.9 Å². The number of likely N-dealkylation sites (N-methyl/N-ethyl adjacent to an activating group) is 1. The van der Waals surface area contributed by atoms with Gasteiger partial charge in [0.1, 0.15) is 5.82 Å².